The maximum absolute atomic E-state index is 14.4. The van der Waals surface area contributed by atoms with Gasteiger partial charge >= 0.3 is 0 Å². The minimum absolute atomic E-state index is 0.128. The van der Waals surface area contributed by atoms with Crippen molar-refractivity contribution in [1.82, 2.24) is 10.6 Å². The molecule has 3 aromatic rings. The van der Waals surface area contributed by atoms with E-state index in [9.17, 15) is 14.4 Å². The van der Waals surface area contributed by atoms with Crippen LogP contribution in [0.25, 0.3) is 10.8 Å². The first-order valence-corrected chi connectivity index (χ1v) is 13.9. The van der Waals surface area contributed by atoms with Crippen molar-refractivity contribution in [2.45, 2.75) is 44.9 Å². The van der Waals surface area contributed by atoms with Crippen LogP contribution < -0.4 is 25.2 Å². The summed E-state index contributed by atoms with van der Waals surface area (Å²) in [5, 5.41) is 7.75. The number of carbonyl (C=O) groups excluding carboxylic acids is 3. The summed E-state index contributed by atoms with van der Waals surface area (Å²) in [6.07, 6.45) is 0.128. The molecule has 3 amide bonds. The van der Waals surface area contributed by atoms with Gasteiger partial charge in [-0.15, -0.1) is 0 Å². The highest BCUT2D eigenvalue weighted by Gasteiger charge is 2.42. The molecule has 3 aromatic carbocycles. The lowest BCUT2D eigenvalue weighted by Crippen LogP contribution is -2.59. The molecule has 3 atom stereocenters. The molecule has 0 aromatic heterocycles. The van der Waals surface area contributed by atoms with Crippen molar-refractivity contribution in [1.29, 1.82) is 0 Å². The van der Waals surface area contributed by atoms with Crippen LogP contribution in [0.3, 0.4) is 0 Å². The molecule has 0 spiro atoms. The first kappa shape index (κ1) is 29.5. The van der Waals surface area contributed by atoms with E-state index in [4.69, 9.17) is 9.47 Å². The zero-order valence-electron chi connectivity index (χ0n) is 23.4. The number of halogens is 1. The van der Waals surface area contributed by atoms with Crippen LogP contribution in [-0.2, 0) is 25.7 Å². The Balaban J connectivity index is 1.89. The summed E-state index contributed by atoms with van der Waals surface area (Å²) in [5.74, 6) is -0.231. The van der Waals surface area contributed by atoms with E-state index in [1.807, 2.05) is 54.6 Å². The van der Waals surface area contributed by atoms with Crippen LogP contribution >= 0.6 is 15.9 Å². The Labute approximate surface area is 242 Å². The lowest BCUT2D eigenvalue weighted by Gasteiger charge is -2.32. The molecule has 2 N–H and O–H groups in total. The van der Waals surface area contributed by atoms with Crippen molar-refractivity contribution in [3.05, 3.63) is 64.6 Å². The van der Waals surface area contributed by atoms with Crippen LogP contribution in [0.15, 0.2) is 59.1 Å². The summed E-state index contributed by atoms with van der Waals surface area (Å²) >= 11 is 3.54. The van der Waals surface area contributed by atoms with Crippen LogP contribution in [0, 0.1) is 0 Å². The van der Waals surface area contributed by atoms with Gasteiger partial charge < -0.3 is 29.9 Å². The number of amides is 3. The fraction of sp³-hybridized carbons (Fsp3) is 0.367. The van der Waals surface area contributed by atoms with Gasteiger partial charge in [0.25, 0.3) is 5.91 Å². The van der Waals surface area contributed by atoms with Gasteiger partial charge in [0.1, 0.15) is 11.8 Å². The van der Waals surface area contributed by atoms with Crippen molar-refractivity contribution in [2.75, 3.05) is 37.7 Å². The van der Waals surface area contributed by atoms with Gasteiger partial charge in [0.05, 0.1) is 50.1 Å². The maximum Gasteiger partial charge on any atom is 0.252 e. The predicted octanol–water partition coefficient (Wildman–Crippen LogP) is 4.01. The highest BCUT2D eigenvalue weighted by atomic mass is 79.9. The summed E-state index contributed by atoms with van der Waals surface area (Å²) in [6, 6.07) is 14.9. The number of ether oxygens (including phenoxy) is 2. The summed E-state index contributed by atoms with van der Waals surface area (Å²) in [5.41, 5.74) is 1.97. The molecule has 212 valence electrons. The molecule has 1 aliphatic rings. The third-order valence-electron chi connectivity index (χ3n) is 7.35. The van der Waals surface area contributed by atoms with Crippen LogP contribution in [0.1, 0.15) is 25.8 Å². The number of hydrogen-bond donors (Lipinski definition) is 2. The Kier molecular flexibility index (Phi) is 9.44. The Morgan fingerprint density at radius 3 is 2.48 bits per heavy atom. The SMILES string of the molecule is CNC(C)C(=O)N[C@@H]1C(=O)N(Cc2c(OC)ccc3cc(Br)ccc23)c2ccccc2N(C(=O)CCOC)[C@H]1C. The van der Waals surface area contributed by atoms with Crippen molar-refractivity contribution in [2.24, 2.45) is 0 Å². The molecule has 40 heavy (non-hydrogen) atoms. The second-order valence-electron chi connectivity index (χ2n) is 9.77. The number of likely N-dealkylation sites (N-methyl/N-ethyl adjacent to an activating group) is 1. The molecule has 1 heterocycles. The fourth-order valence-electron chi connectivity index (χ4n) is 5.04. The van der Waals surface area contributed by atoms with Crippen molar-refractivity contribution in [3.8, 4) is 5.75 Å². The van der Waals surface area contributed by atoms with E-state index in [2.05, 4.69) is 26.6 Å². The average Bonchev–Trinajstić information content (AvgIpc) is 3.04. The number of rotatable bonds is 9. The van der Waals surface area contributed by atoms with E-state index >= 15 is 0 Å². The third-order valence-corrected chi connectivity index (χ3v) is 7.85. The number of benzene rings is 3. The molecule has 0 fully saturated rings. The number of para-hydroxylation sites is 2. The zero-order chi connectivity index (χ0) is 29.0. The lowest BCUT2D eigenvalue weighted by molar-refractivity contribution is -0.129. The van der Waals surface area contributed by atoms with Gasteiger partial charge in [0, 0.05) is 17.1 Å². The Morgan fingerprint density at radius 2 is 1.80 bits per heavy atom. The average molecular weight is 612 g/mol. The maximum atomic E-state index is 14.4. The highest BCUT2D eigenvalue weighted by molar-refractivity contribution is 9.10. The molecule has 4 rings (SSSR count). The molecule has 0 radical (unpaired) electrons. The van der Waals surface area contributed by atoms with Crippen LogP contribution in [0.2, 0.25) is 0 Å². The summed E-state index contributed by atoms with van der Waals surface area (Å²) in [4.78, 5) is 44.3. The second-order valence-corrected chi connectivity index (χ2v) is 10.7. The molecule has 10 heteroatoms. The summed E-state index contributed by atoms with van der Waals surface area (Å²) in [7, 11) is 4.81. The summed E-state index contributed by atoms with van der Waals surface area (Å²) in [6.45, 7) is 3.90. The number of fused-ring (bicyclic) bond motifs is 2. The molecule has 0 aliphatic carbocycles. The minimum atomic E-state index is -1.00. The second kappa shape index (κ2) is 12.8. The highest BCUT2D eigenvalue weighted by Crippen LogP contribution is 2.39. The third kappa shape index (κ3) is 5.84. The quantitative estimate of drug-likeness (QED) is 0.380. The fourth-order valence-corrected chi connectivity index (χ4v) is 5.42. The molecule has 0 saturated heterocycles. The molecule has 0 saturated carbocycles. The van der Waals surface area contributed by atoms with E-state index < -0.39 is 18.1 Å². The van der Waals surface area contributed by atoms with Crippen molar-refractivity contribution < 1.29 is 23.9 Å². The molecule has 1 aliphatic heterocycles. The number of hydrogen-bond acceptors (Lipinski definition) is 6. The first-order valence-electron chi connectivity index (χ1n) is 13.2. The molecular weight excluding hydrogens is 576 g/mol. The number of nitrogens with one attached hydrogen (secondary N) is 2. The largest absolute Gasteiger partial charge is 0.496 e. The van der Waals surface area contributed by atoms with Gasteiger partial charge in [-0.1, -0.05) is 40.2 Å². The summed E-state index contributed by atoms with van der Waals surface area (Å²) < 4.78 is 11.8. The number of methoxy groups -OCH3 is 2. The van der Waals surface area contributed by atoms with Gasteiger partial charge in [-0.05, 0) is 62.0 Å². The normalized spacial score (nSPS) is 17.8. The molecule has 9 nitrogen and oxygen atoms in total. The van der Waals surface area contributed by atoms with E-state index in [1.54, 1.807) is 37.8 Å². The van der Waals surface area contributed by atoms with E-state index in [0.29, 0.717) is 17.1 Å². The molecule has 1 unspecified atom stereocenters. The predicted molar refractivity (Wildman–Crippen MR) is 160 cm³/mol. The molecular formula is C30H35BrN4O5. The van der Waals surface area contributed by atoms with Crippen LogP contribution in [0.4, 0.5) is 11.4 Å². The topological polar surface area (TPSA) is 100 Å². The smallest absolute Gasteiger partial charge is 0.252 e. The number of nitrogens with zero attached hydrogens (tertiary/aromatic N) is 2. The minimum Gasteiger partial charge on any atom is -0.496 e. The van der Waals surface area contributed by atoms with E-state index in [1.165, 1.54) is 7.11 Å². The van der Waals surface area contributed by atoms with Gasteiger partial charge in [0.15, 0.2) is 0 Å². The first-order chi connectivity index (χ1) is 19.2. The van der Waals surface area contributed by atoms with Crippen LogP contribution in [-0.4, -0.2) is 63.7 Å². The standard InChI is InChI=1S/C30H35BrN4O5/c1-18(32-3)29(37)33-28-19(2)35(27(36)14-15-39-4)25-9-7-6-8-24(25)34(30(28)38)17-23-22-12-11-21(31)16-20(22)10-13-26(23)40-5/h6-13,16,18-19,28,32H,14-15,17H2,1-5H3,(H,33,37)/t18?,19-,28-/m0/s1. The number of carbonyl (C=O) groups is 3. The van der Waals surface area contributed by atoms with E-state index in [-0.39, 0.29) is 37.3 Å². The van der Waals surface area contributed by atoms with Gasteiger partial charge in [-0.3, -0.25) is 14.4 Å². The van der Waals surface area contributed by atoms with Crippen LogP contribution in [0.5, 0.6) is 5.75 Å². The van der Waals surface area contributed by atoms with Crippen molar-refractivity contribution >= 4 is 55.8 Å². The zero-order valence-corrected chi connectivity index (χ0v) is 24.9. The van der Waals surface area contributed by atoms with Gasteiger partial charge in [-0.2, -0.15) is 0 Å². The van der Waals surface area contributed by atoms with Gasteiger partial charge in [-0.25, -0.2) is 0 Å². The Hall–Kier alpha value is -3.47. The van der Waals surface area contributed by atoms with E-state index in [0.717, 1.165) is 20.8 Å². The Bertz CT molecular complexity index is 1410. The van der Waals surface area contributed by atoms with Gasteiger partial charge in [0.2, 0.25) is 11.8 Å². The van der Waals surface area contributed by atoms with Crippen molar-refractivity contribution in [3.63, 3.8) is 0 Å². The molecule has 0 bridgehead atoms. The number of anilines is 2. The monoisotopic (exact) mass is 610 g/mol. The lowest BCUT2D eigenvalue weighted by atomic mass is 10.0. The Morgan fingerprint density at radius 1 is 1.07 bits per heavy atom.